The summed E-state index contributed by atoms with van der Waals surface area (Å²) in [4.78, 5) is 0. The molecule has 0 radical (unpaired) electrons. The Morgan fingerprint density at radius 2 is 2.00 bits per heavy atom. The van der Waals surface area contributed by atoms with E-state index in [4.69, 9.17) is 4.74 Å². The third-order valence-electron chi connectivity index (χ3n) is 2.66. The Morgan fingerprint density at radius 1 is 1.25 bits per heavy atom. The van der Waals surface area contributed by atoms with Gasteiger partial charge in [0.05, 0.1) is 6.10 Å². The minimum absolute atomic E-state index is 0.259. The molecule has 0 heterocycles. The largest absolute Gasteiger partial charge is 0.491 e. The molecule has 1 atom stereocenters. The van der Waals surface area contributed by atoms with Crippen LogP contribution in [-0.2, 0) is 0 Å². The van der Waals surface area contributed by atoms with Crippen LogP contribution in [0.3, 0.4) is 0 Å². The van der Waals surface area contributed by atoms with Crippen molar-refractivity contribution in [1.82, 2.24) is 5.32 Å². The van der Waals surface area contributed by atoms with E-state index >= 15 is 0 Å². The lowest BCUT2D eigenvalue weighted by atomic mass is 10.0. The van der Waals surface area contributed by atoms with E-state index in [2.05, 4.69) is 44.3 Å². The first-order chi connectivity index (χ1) is 7.63. The van der Waals surface area contributed by atoms with Gasteiger partial charge in [-0.3, -0.25) is 0 Å². The predicted molar refractivity (Wildman–Crippen MR) is 69.2 cm³/mol. The van der Waals surface area contributed by atoms with E-state index in [0.29, 0.717) is 5.92 Å². The van der Waals surface area contributed by atoms with Crippen molar-refractivity contribution in [1.29, 1.82) is 0 Å². The van der Waals surface area contributed by atoms with E-state index in [-0.39, 0.29) is 6.10 Å². The fraction of sp³-hybridized carbons (Fsp3) is 0.571. The normalized spacial score (nSPS) is 12.8. The average Bonchev–Trinajstić information content (AvgIpc) is 2.26. The molecule has 0 aliphatic carbocycles. The molecule has 0 aliphatic heterocycles. The Balaban J connectivity index is 2.56. The predicted octanol–water partition coefficient (Wildman–Crippen LogP) is 3.19. The van der Waals surface area contributed by atoms with Gasteiger partial charge < -0.3 is 10.1 Å². The maximum absolute atomic E-state index is 5.87. The van der Waals surface area contributed by atoms with Crippen LogP contribution in [0.15, 0.2) is 24.3 Å². The van der Waals surface area contributed by atoms with E-state index in [1.54, 1.807) is 0 Å². The molecule has 1 aromatic carbocycles. The van der Waals surface area contributed by atoms with Crippen molar-refractivity contribution in [3.8, 4) is 5.75 Å². The van der Waals surface area contributed by atoms with Crippen molar-refractivity contribution < 1.29 is 4.74 Å². The first kappa shape index (κ1) is 13.0. The summed E-state index contributed by atoms with van der Waals surface area (Å²) in [5, 5.41) is 3.13. The average molecular weight is 221 g/mol. The van der Waals surface area contributed by atoms with Gasteiger partial charge in [-0.1, -0.05) is 26.0 Å². The van der Waals surface area contributed by atoms with E-state index in [0.717, 1.165) is 18.7 Å². The number of hydrogen-bond acceptors (Lipinski definition) is 2. The molecule has 1 rings (SSSR count). The summed E-state index contributed by atoms with van der Waals surface area (Å²) in [5.74, 6) is 1.53. The minimum atomic E-state index is 0.259. The highest BCUT2D eigenvalue weighted by Gasteiger charge is 2.05. The van der Waals surface area contributed by atoms with Gasteiger partial charge in [-0.2, -0.15) is 0 Å². The van der Waals surface area contributed by atoms with Gasteiger partial charge in [-0.25, -0.2) is 0 Å². The molecule has 0 saturated carbocycles. The van der Waals surface area contributed by atoms with Crippen LogP contribution in [0.1, 0.15) is 38.7 Å². The molecule has 0 saturated heterocycles. The highest BCUT2D eigenvalue weighted by molar-refractivity contribution is 5.30. The van der Waals surface area contributed by atoms with Gasteiger partial charge in [0.15, 0.2) is 0 Å². The Bertz CT molecular complexity index is 309. The topological polar surface area (TPSA) is 21.3 Å². The summed E-state index contributed by atoms with van der Waals surface area (Å²) in [6.45, 7) is 7.50. The van der Waals surface area contributed by atoms with Crippen molar-refractivity contribution in [2.75, 3.05) is 13.6 Å². The van der Waals surface area contributed by atoms with E-state index in [1.807, 2.05) is 13.1 Å². The molecular formula is C14H23NO. The SMILES string of the molecule is CNCCC(C)Oc1cccc(C(C)C)c1. The Kier molecular flexibility index (Phi) is 5.33. The first-order valence-electron chi connectivity index (χ1n) is 6.04. The van der Waals surface area contributed by atoms with Gasteiger partial charge in [-0.05, 0) is 50.6 Å². The second-order valence-electron chi connectivity index (χ2n) is 4.55. The molecule has 0 fully saturated rings. The lowest BCUT2D eigenvalue weighted by molar-refractivity contribution is 0.211. The van der Waals surface area contributed by atoms with Crippen molar-refractivity contribution >= 4 is 0 Å². The number of benzene rings is 1. The molecule has 2 nitrogen and oxygen atoms in total. The smallest absolute Gasteiger partial charge is 0.119 e. The zero-order valence-corrected chi connectivity index (χ0v) is 10.8. The van der Waals surface area contributed by atoms with Gasteiger partial charge in [0.25, 0.3) is 0 Å². The van der Waals surface area contributed by atoms with E-state index < -0.39 is 0 Å². The zero-order valence-electron chi connectivity index (χ0n) is 10.8. The fourth-order valence-corrected chi connectivity index (χ4v) is 1.59. The third kappa shape index (κ3) is 4.23. The van der Waals surface area contributed by atoms with E-state index in [9.17, 15) is 0 Å². The second kappa shape index (κ2) is 6.54. The van der Waals surface area contributed by atoms with Crippen molar-refractivity contribution in [2.24, 2.45) is 0 Å². The van der Waals surface area contributed by atoms with Gasteiger partial charge >= 0.3 is 0 Å². The minimum Gasteiger partial charge on any atom is -0.491 e. The van der Waals surface area contributed by atoms with Crippen LogP contribution < -0.4 is 10.1 Å². The van der Waals surface area contributed by atoms with Crippen LogP contribution in [0.25, 0.3) is 0 Å². The molecule has 1 unspecified atom stereocenters. The Morgan fingerprint density at radius 3 is 2.62 bits per heavy atom. The molecule has 2 heteroatoms. The lowest BCUT2D eigenvalue weighted by Crippen LogP contribution is -2.19. The Hall–Kier alpha value is -1.02. The second-order valence-corrected chi connectivity index (χ2v) is 4.55. The highest BCUT2D eigenvalue weighted by Crippen LogP contribution is 2.21. The van der Waals surface area contributed by atoms with Gasteiger partial charge in [0, 0.05) is 0 Å². The zero-order chi connectivity index (χ0) is 12.0. The molecule has 0 amide bonds. The summed E-state index contributed by atoms with van der Waals surface area (Å²) in [6, 6.07) is 8.38. The molecule has 0 aromatic heterocycles. The molecule has 0 spiro atoms. The number of ether oxygens (including phenoxy) is 1. The van der Waals surface area contributed by atoms with Crippen LogP contribution in [0.4, 0.5) is 0 Å². The summed E-state index contributed by atoms with van der Waals surface area (Å²) < 4.78 is 5.87. The molecule has 1 N–H and O–H groups in total. The Labute approximate surface area is 99.0 Å². The molecule has 16 heavy (non-hydrogen) atoms. The quantitative estimate of drug-likeness (QED) is 0.796. The van der Waals surface area contributed by atoms with Crippen molar-refractivity contribution in [3.63, 3.8) is 0 Å². The van der Waals surface area contributed by atoms with Crippen molar-refractivity contribution in [2.45, 2.75) is 39.2 Å². The maximum atomic E-state index is 5.87. The lowest BCUT2D eigenvalue weighted by Gasteiger charge is -2.15. The molecule has 0 aliphatic rings. The highest BCUT2D eigenvalue weighted by atomic mass is 16.5. The molecular weight excluding hydrogens is 198 g/mol. The summed E-state index contributed by atoms with van der Waals surface area (Å²) >= 11 is 0. The van der Waals surface area contributed by atoms with Crippen LogP contribution in [0.2, 0.25) is 0 Å². The standard InChI is InChI=1S/C14H23NO/c1-11(2)13-6-5-7-14(10-13)16-12(3)8-9-15-4/h5-7,10-12,15H,8-9H2,1-4H3. The number of hydrogen-bond donors (Lipinski definition) is 1. The number of nitrogens with one attached hydrogen (secondary N) is 1. The molecule has 90 valence electrons. The third-order valence-corrected chi connectivity index (χ3v) is 2.66. The summed E-state index contributed by atoms with van der Waals surface area (Å²) in [6.07, 6.45) is 1.29. The van der Waals surface area contributed by atoms with Gasteiger partial charge in [0.1, 0.15) is 5.75 Å². The monoisotopic (exact) mass is 221 g/mol. The summed E-state index contributed by atoms with van der Waals surface area (Å²) in [7, 11) is 1.96. The van der Waals surface area contributed by atoms with Crippen LogP contribution in [0, 0.1) is 0 Å². The summed E-state index contributed by atoms with van der Waals surface area (Å²) in [5.41, 5.74) is 1.33. The van der Waals surface area contributed by atoms with Crippen LogP contribution >= 0.6 is 0 Å². The number of rotatable bonds is 6. The fourth-order valence-electron chi connectivity index (χ4n) is 1.59. The molecule has 1 aromatic rings. The maximum Gasteiger partial charge on any atom is 0.119 e. The van der Waals surface area contributed by atoms with E-state index in [1.165, 1.54) is 5.56 Å². The molecule has 0 bridgehead atoms. The van der Waals surface area contributed by atoms with Crippen molar-refractivity contribution in [3.05, 3.63) is 29.8 Å². The van der Waals surface area contributed by atoms with Gasteiger partial charge in [0.2, 0.25) is 0 Å². The van der Waals surface area contributed by atoms with Crippen LogP contribution in [-0.4, -0.2) is 19.7 Å². The van der Waals surface area contributed by atoms with Crippen LogP contribution in [0.5, 0.6) is 5.75 Å². The van der Waals surface area contributed by atoms with Gasteiger partial charge in [-0.15, -0.1) is 0 Å². The first-order valence-corrected chi connectivity index (χ1v) is 6.04.